The highest BCUT2D eigenvalue weighted by atomic mass is 19.1. The van der Waals surface area contributed by atoms with Crippen molar-refractivity contribution in [1.82, 2.24) is 9.55 Å². The quantitative estimate of drug-likeness (QED) is 0.632. The molecule has 1 heterocycles. The lowest BCUT2D eigenvalue weighted by atomic mass is 10.1. The number of para-hydroxylation sites is 1. The number of esters is 1. The molecule has 0 unspecified atom stereocenters. The highest BCUT2D eigenvalue weighted by molar-refractivity contribution is 6.01. The molecule has 8 heteroatoms. The maximum atomic E-state index is 13.3. The summed E-state index contributed by atoms with van der Waals surface area (Å²) in [7, 11) is 0. The van der Waals surface area contributed by atoms with Gasteiger partial charge in [-0.15, -0.1) is 0 Å². The molecule has 0 aliphatic carbocycles. The number of nitrogens with zero attached hydrogens (tertiary/aromatic N) is 2. The van der Waals surface area contributed by atoms with Gasteiger partial charge < -0.3 is 10.1 Å². The van der Waals surface area contributed by atoms with Crippen molar-refractivity contribution in [1.29, 1.82) is 0 Å². The van der Waals surface area contributed by atoms with E-state index in [1.54, 1.807) is 32.0 Å². The molecule has 3 aromatic rings. The molecule has 0 spiro atoms. The van der Waals surface area contributed by atoms with Crippen molar-refractivity contribution in [2.75, 3.05) is 11.9 Å². The van der Waals surface area contributed by atoms with Gasteiger partial charge in [0.1, 0.15) is 18.2 Å². The van der Waals surface area contributed by atoms with Crippen LogP contribution in [0.5, 0.6) is 0 Å². The second kappa shape index (κ2) is 9.13. The van der Waals surface area contributed by atoms with Gasteiger partial charge in [0.25, 0.3) is 5.56 Å². The van der Waals surface area contributed by atoms with Gasteiger partial charge in [-0.1, -0.05) is 12.1 Å². The molecule has 1 amide bonds. The first-order chi connectivity index (χ1) is 14.4. The van der Waals surface area contributed by atoms with E-state index in [0.717, 1.165) is 0 Å². The number of carbonyl (C=O) groups excluding carboxylic acids is 2. The molecule has 3 rings (SSSR count). The molecule has 0 saturated carbocycles. The SMILES string of the molecule is CCOC(=O)c1ccccc1NC(=O)Cn1c(-c2ccc(F)cc2)nc(C)cc1=O. The minimum atomic E-state index is -0.561. The summed E-state index contributed by atoms with van der Waals surface area (Å²) < 4.78 is 19.5. The van der Waals surface area contributed by atoms with Gasteiger partial charge in [0.15, 0.2) is 0 Å². The molecule has 2 aromatic carbocycles. The first kappa shape index (κ1) is 20.9. The van der Waals surface area contributed by atoms with Crippen LogP contribution in [0.25, 0.3) is 11.4 Å². The number of ether oxygens (including phenoxy) is 1. The number of hydrogen-bond donors (Lipinski definition) is 1. The van der Waals surface area contributed by atoms with Gasteiger partial charge in [0, 0.05) is 17.3 Å². The number of hydrogen-bond acceptors (Lipinski definition) is 5. The van der Waals surface area contributed by atoms with Gasteiger partial charge in [-0.3, -0.25) is 14.2 Å². The van der Waals surface area contributed by atoms with Crippen molar-refractivity contribution in [3.63, 3.8) is 0 Å². The van der Waals surface area contributed by atoms with Crippen LogP contribution in [0.1, 0.15) is 23.0 Å². The molecule has 7 nitrogen and oxygen atoms in total. The number of aryl methyl sites for hydroxylation is 1. The molecule has 154 valence electrons. The Kier molecular flexibility index (Phi) is 6.36. The predicted molar refractivity (Wildman–Crippen MR) is 110 cm³/mol. The van der Waals surface area contributed by atoms with Crippen LogP contribution < -0.4 is 10.9 Å². The zero-order chi connectivity index (χ0) is 21.7. The molecule has 0 radical (unpaired) electrons. The third kappa shape index (κ3) is 4.78. The Bertz CT molecular complexity index is 1140. The first-order valence-corrected chi connectivity index (χ1v) is 9.29. The standard InChI is InChI=1S/C22H20FN3O4/c1-3-30-22(29)17-6-4-5-7-18(17)25-19(27)13-26-20(28)12-14(2)24-21(26)15-8-10-16(23)11-9-15/h4-12H,3,13H2,1-2H3,(H,25,27). The lowest BCUT2D eigenvalue weighted by Crippen LogP contribution is -2.30. The predicted octanol–water partition coefficient (Wildman–Crippen LogP) is 3.17. The van der Waals surface area contributed by atoms with E-state index < -0.39 is 23.3 Å². The number of aromatic nitrogens is 2. The Hall–Kier alpha value is -3.81. The van der Waals surface area contributed by atoms with Gasteiger partial charge in [-0.2, -0.15) is 0 Å². The second-order valence-corrected chi connectivity index (χ2v) is 6.47. The lowest BCUT2D eigenvalue weighted by Gasteiger charge is -2.14. The maximum Gasteiger partial charge on any atom is 0.340 e. The molecule has 30 heavy (non-hydrogen) atoms. The van der Waals surface area contributed by atoms with Crippen LogP contribution >= 0.6 is 0 Å². The van der Waals surface area contributed by atoms with E-state index in [9.17, 15) is 18.8 Å². The van der Waals surface area contributed by atoms with Gasteiger partial charge in [0.05, 0.1) is 17.9 Å². The van der Waals surface area contributed by atoms with Crippen LogP contribution in [0.4, 0.5) is 10.1 Å². The van der Waals surface area contributed by atoms with Gasteiger partial charge in [-0.05, 0) is 50.2 Å². The molecule has 0 aliphatic rings. The molecular formula is C22H20FN3O4. The number of rotatable bonds is 6. The van der Waals surface area contributed by atoms with Crippen molar-refractivity contribution >= 4 is 17.6 Å². The molecule has 0 atom stereocenters. The van der Waals surface area contributed by atoms with E-state index in [1.165, 1.54) is 41.0 Å². The third-order valence-electron chi connectivity index (χ3n) is 4.24. The van der Waals surface area contributed by atoms with Crippen LogP contribution in [0, 0.1) is 12.7 Å². The Morgan fingerprint density at radius 1 is 1.13 bits per heavy atom. The minimum Gasteiger partial charge on any atom is -0.462 e. The number of benzene rings is 2. The second-order valence-electron chi connectivity index (χ2n) is 6.47. The molecule has 1 N–H and O–H groups in total. The molecule has 0 saturated heterocycles. The van der Waals surface area contributed by atoms with Gasteiger partial charge in [0.2, 0.25) is 5.91 Å². The van der Waals surface area contributed by atoms with E-state index >= 15 is 0 Å². The van der Waals surface area contributed by atoms with E-state index in [0.29, 0.717) is 11.3 Å². The summed E-state index contributed by atoms with van der Waals surface area (Å²) in [4.78, 5) is 41.7. The zero-order valence-electron chi connectivity index (χ0n) is 16.5. The van der Waals surface area contributed by atoms with E-state index in [4.69, 9.17) is 4.74 Å². The Balaban J connectivity index is 1.91. The summed E-state index contributed by atoms with van der Waals surface area (Å²) in [5.74, 6) is -1.26. The molecule has 0 fully saturated rings. The van der Waals surface area contributed by atoms with Crippen LogP contribution in [0.15, 0.2) is 59.4 Å². The van der Waals surface area contributed by atoms with Crippen molar-refractivity contribution in [2.45, 2.75) is 20.4 Å². The smallest absolute Gasteiger partial charge is 0.340 e. The van der Waals surface area contributed by atoms with Crippen molar-refractivity contribution in [2.24, 2.45) is 0 Å². The van der Waals surface area contributed by atoms with E-state index in [2.05, 4.69) is 10.3 Å². The summed E-state index contributed by atoms with van der Waals surface area (Å²) >= 11 is 0. The largest absolute Gasteiger partial charge is 0.462 e. The number of nitrogens with one attached hydrogen (secondary N) is 1. The fourth-order valence-corrected chi connectivity index (χ4v) is 2.91. The lowest BCUT2D eigenvalue weighted by molar-refractivity contribution is -0.116. The Morgan fingerprint density at radius 3 is 2.53 bits per heavy atom. The van der Waals surface area contributed by atoms with Crippen molar-refractivity contribution < 1.29 is 18.7 Å². The normalized spacial score (nSPS) is 10.5. The van der Waals surface area contributed by atoms with Gasteiger partial charge >= 0.3 is 5.97 Å². The van der Waals surface area contributed by atoms with Crippen LogP contribution in [0.3, 0.4) is 0 Å². The Morgan fingerprint density at radius 2 is 1.83 bits per heavy atom. The zero-order valence-corrected chi connectivity index (χ0v) is 16.5. The molecular weight excluding hydrogens is 389 g/mol. The highest BCUT2D eigenvalue weighted by Gasteiger charge is 2.17. The first-order valence-electron chi connectivity index (χ1n) is 9.29. The number of carbonyl (C=O) groups is 2. The monoisotopic (exact) mass is 409 g/mol. The molecule has 0 bridgehead atoms. The van der Waals surface area contributed by atoms with Crippen LogP contribution in [-0.4, -0.2) is 28.0 Å². The number of anilines is 1. The molecule has 1 aromatic heterocycles. The van der Waals surface area contributed by atoms with Crippen molar-refractivity contribution in [3.8, 4) is 11.4 Å². The van der Waals surface area contributed by atoms with E-state index in [1.807, 2.05) is 0 Å². The minimum absolute atomic E-state index is 0.201. The number of amides is 1. The summed E-state index contributed by atoms with van der Waals surface area (Å²) in [6.07, 6.45) is 0. The van der Waals surface area contributed by atoms with Crippen LogP contribution in [0.2, 0.25) is 0 Å². The molecule has 0 aliphatic heterocycles. The fourth-order valence-electron chi connectivity index (χ4n) is 2.91. The van der Waals surface area contributed by atoms with Gasteiger partial charge in [-0.25, -0.2) is 14.2 Å². The number of halogens is 1. The Labute approximate surface area is 172 Å². The fraction of sp³-hybridized carbons (Fsp3) is 0.182. The van der Waals surface area contributed by atoms with Crippen LogP contribution in [-0.2, 0) is 16.1 Å². The third-order valence-corrected chi connectivity index (χ3v) is 4.24. The highest BCUT2D eigenvalue weighted by Crippen LogP contribution is 2.19. The summed E-state index contributed by atoms with van der Waals surface area (Å²) in [5, 5.41) is 2.64. The van der Waals surface area contributed by atoms with E-state index in [-0.39, 0.29) is 30.2 Å². The summed E-state index contributed by atoms with van der Waals surface area (Å²) in [6.45, 7) is 3.21. The average Bonchev–Trinajstić information content (AvgIpc) is 2.71. The topological polar surface area (TPSA) is 90.3 Å². The maximum absolute atomic E-state index is 13.3. The summed E-state index contributed by atoms with van der Waals surface area (Å²) in [6, 6.07) is 13.2. The summed E-state index contributed by atoms with van der Waals surface area (Å²) in [5.41, 5.74) is 1.04. The average molecular weight is 409 g/mol. The van der Waals surface area contributed by atoms with Crippen molar-refractivity contribution in [3.05, 3.63) is 82.0 Å².